The molecule has 0 aliphatic heterocycles. The van der Waals surface area contributed by atoms with Gasteiger partial charge in [0, 0.05) is 14.1 Å². The highest BCUT2D eigenvalue weighted by molar-refractivity contribution is 7.10. The average molecular weight is 264 g/mol. The molecule has 0 atom stereocenters. The van der Waals surface area contributed by atoms with E-state index in [1.165, 1.54) is 20.2 Å². The Kier molecular flexibility index (Phi) is 3.57. The zero-order chi connectivity index (χ0) is 13.2. The lowest BCUT2D eigenvalue weighted by molar-refractivity contribution is -0.140. The fraction of sp³-hybridized carbons (Fsp3) is 0.375. The van der Waals surface area contributed by atoms with Gasteiger partial charge in [-0.15, -0.1) is 0 Å². The first kappa shape index (κ1) is 13.2. The van der Waals surface area contributed by atoms with Gasteiger partial charge < -0.3 is 4.90 Å². The molecule has 0 aliphatic rings. The topological polar surface area (TPSA) is 69.0 Å². The molecule has 0 aliphatic carbocycles. The van der Waals surface area contributed by atoms with Crippen LogP contribution in [0.3, 0.4) is 0 Å². The molecule has 0 bridgehead atoms. The molecule has 0 saturated heterocycles. The highest BCUT2D eigenvalue weighted by Crippen LogP contribution is 2.36. The van der Waals surface area contributed by atoms with E-state index in [9.17, 15) is 18.0 Å². The van der Waals surface area contributed by atoms with Gasteiger partial charge in [-0.05, 0) is 11.5 Å². The Balaban J connectivity index is 3.09. The normalized spacial score (nSPS) is 10.8. The standard InChI is InChI=1S/C8H7F3N4OS/c1-15(2)7(16)13-6-4(3-12)5(14-17-6)8(9,10)11/h1-2H3,(H,13,16). The smallest absolute Gasteiger partial charge is 0.331 e. The molecule has 2 amide bonds. The molecule has 0 aromatic carbocycles. The van der Waals surface area contributed by atoms with Crippen molar-refractivity contribution in [3.05, 3.63) is 11.3 Å². The third-order valence-corrected chi connectivity index (χ3v) is 2.46. The lowest BCUT2D eigenvalue weighted by Crippen LogP contribution is -2.27. The van der Waals surface area contributed by atoms with Gasteiger partial charge in [-0.3, -0.25) is 5.32 Å². The zero-order valence-electron chi connectivity index (χ0n) is 8.79. The largest absolute Gasteiger partial charge is 0.435 e. The molecule has 9 heteroatoms. The van der Waals surface area contributed by atoms with Crippen LogP contribution in [0.4, 0.5) is 23.0 Å². The molecule has 1 aromatic heterocycles. The van der Waals surface area contributed by atoms with Crippen LogP contribution in [-0.4, -0.2) is 29.4 Å². The van der Waals surface area contributed by atoms with Crippen LogP contribution < -0.4 is 5.32 Å². The third kappa shape index (κ3) is 2.85. The molecule has 1 heterocycles. The van der Waals surface area contributed by atoms with E-state index < -0.39 is 23.5 Å². The van der Waals surface area contributed by atoms with Crippen molar-refractivity contribution >= 4 is 22.6 Å². The first-order valence-corrected chi connectivity index (χ1v) is 5.00. The maximum absolute atomic E-state index is 12.4. The summed E-state index contributed by atoms with van der Waals surface area (Å²) in [4.78, 5) is 12.4. The number of carbonyl (C=O) groups is 1. The van der Waals surface area contributed by atoms with Gasteiger partial charge in [0.25, 0.3) is 0 Å². The van der Waals surface area contributed by atoms with Crippen LogP contribution in [0.2, 0.25) is 0 Å². The summed E-state index contributed by atoms with van der Waals surface area (Å²) in [6, 6.07) is 0.764. The molecule has 17 heavy (non-hydrogen) atoms. The minimum Gasteiger partial charge on any atom is -0.331 e. The summed E-state index contributed by atoms with van der Waals surface area (Å²) in [6.45, 7) is 0. The summed E-state index contributed by atoms with van der Waals surface area (Å²) in [6.07, 6.45) is -4.71. The molecular formula is C8H7F3N4OS. The second-order valence-electron chi connectivity index (χ2n) is 3.17. The number of rotatable bonds is 1. The van der Waals surface area contributed by atoms with E-state index in [1.807, 2.05) is 0 Å². The molecule has 1 N–H and O–H groups in total. The number of hydrogen-bond acceptors (Lipinski definition) is 4. The van der Waals surface area contributed by atoms with E-state index in [1.54, 1.807) is 0 Å². The second-order valence-corrected chi connectivity index (χ2v) is 3.94. The molecule has 0 saturated carbocycles. The number of anilines is 1. The number of urea groups is 1. The van der Waals surface area contributed by atoms with E-state index in [4.69, 9.17) is 5.26 Å². The number of aromatic nitrogens is 1. The van der Waals surface area contributed by atoms with Gasteiger partial charge in [0.2, 0.25) is 0 Å². The number of halogens is 3. The van der Waals surface area contributed by atoms with Crippen molar-refractivity contribution in [2.75, 3.05) is 19.4 Å². The Morgan fingerprint density at radius 2 is 2.12 bits per heavy atom. The minimum absolute atomic E-state index is 0.210. The average Bonchev–Trinajstić information content (AvgIpc) is 2.59. The lowest BCUT2D eigenvalue weighted by Gasteiger charge is -2.10. The van der Waals surface area contributed by atoms with Crippen molar-refractivity contribution < 1.29 is 18.0 Å². The Hall–Kier alpha value is -1.82. The van der Waals surface area contributed by atoms with E-state index in [0.29, 0.717) is 11.5 Å². The fourth-order valence-electron chi connectivity index (χ4n) is 0.882. The number of nitrogens with one attached hydrogen (secondary N) is 1. The minimum atomic E-state index is -4.71. The summed E-state index contributed by atoms with van der Waals surface area (Å²) < 4.78 is 40.4. The second kappa shape index (κ2) is 4.58. The number of carbonyl (C=O) groups excluding carboxylic acids is 1. The van der Waals surface area contributed by atoms with E-state index >= 15 is 0 Å². The van der Waals surface area contributed by atoms with Gasteiger partial charge in [-0.1, -0.05) is 0 Å². The van der Waals surface area contributed by atoms with Crippen molar-refractivity contribution in [1.29, 1.82) is 5.26 Å². The lowest BCUT2D eigenvalue weighted by atomic mass is 10.2. The summed E-state index contributed by atoms with van der Waals surface area (Å²) in [5.41, 5.74) is -1.95. The molecule has 1 aromatic rings. The maximum atomic E-state index is 12.4. The molecule has 0 spiro atoms. The predicted octanol–water partition coefficient (Wildman–Crippen LogP) is 2.13. The van der Waals surface area contributed by atoms with Gasteiger partial charge in [0.15, 0.2) is 5.69 Å². The van der Waals surface area contributed by atoms with Crippen molar-refractivity contribution in [2.45, 2.75) is 6.18 Å². The summed E-state index contributed by atoms with van der Waals surface area (Å²) in [5.74, 6) is 0. The Bertz CT molecular complexity index is 474. The number of nitriles is 1. The van der Waals surface area contributed by atoms with Gasteiger partial charge >= 0.3 is 12.2 Å². The van der Waals surface area contributed by atoms with Gasteiger partial charge in [-0.25, -0.2) is 4.79 Å². The van der Waals surface area contributed by atoms with Crippen LogP contribution in [0.25, 0.3) is 0 Å². The Labute approximate surface area is 98.6 Å². The first-order chi connectivity index (χ1) is 7.77. The van der Waals surface area contributed by atoms with Gasteiger partial charge in [0.05, 0.1) is 0 Å². The molecule has 1 rings (SSSR count). The van der Waals surface area contributed by atoms with Crippen molar-refractivity contribution in [1.82, 2.24) is 9.27 Å². The highest BCUT2D eigenvalue weighted by Gasteiger charge is 2.38. The maximum Gasteiger partial charge on any atom is 0.435 e. The monoisotopic (exact) mass is 264 g/mol. The van der Waals surface area contributed by atoms with Crippen molar-refractivity contribution in [2.24, 2.45) is 0 Å². The fourth-order valence-corrected chi connectivity index (χ4v) is 1.63. The molecule has 92 valence electrons. The quantitative estimate of drug-likeness (QED) is 0.844. The summed E-state index contributed by atoms with van der Waals surface area (Å²) in [7, 11) is 2.85. The highest BCUT2D eigenvalue weighted by atomic mass is 32.1. The third-order valence-electron chi connectivity index (χ3n) is 1.70. The summed E-state index contributed by atoms with van der Waals surface area (Å²) in [5, 5.41) is 10.6. The molecule has 0 radical (unpaired) electrons. The summed E-state index contributed by atoms with van der Waals surface area (Å²) >= 11 is 0.422. The van der Waals surface area contributed by atoms with Gasteiger partial charge in [0.1, 0.15) is 16.6 Å². The van der Waals surface area contributed by atoms with Crippen LogP contribution in [0, 0.1) is 11.3 Å². The van der Waals surface area contributed by atoms with E-state index in [-0.39, 0.29) is 5.00 Å². The van der Waals surface area contributed by atoms with Crippen LogP contribution >= 0.6 is 11.5 Å². The molecule has 0 fully saturated rings. The first-order valence-electron chi connectivity index (χ1n) is 4.22. The predicted molar refractivity (Wildman–Crippen MR) is 54.5 cm³/mol. The Morgan fingerprint density at radius 1 is 1.53 bits per heavy atom. The number of alkyl halides is 3. The van der Waals surface area contributed by atoms with E-state index in [0.717, 1.165) is 4.90 Å². The zero-order valence-corrected chi connectivity index (χ0v) is 9.61. The number of nitrogens with zero attached hydrogens (tertiary/aromatic N) is 3. The van der Waals surface area contributed by atoms with Gasteiger partial charge in [-0.2, -0.15) is 22.8 Å². The number of hydrogen-bond donors (Lipinski definition) is 1. The van der Waals surface area contributed by atoms with Crippen LogP contribution in [0.1, 0.15) is 11.3 Å². The Morgan fingerprint density at radius 3 is 2.53 bits per heavy atom. The van der Waals surface area contributed by atoms with E-state index in [2.05, 4.69) is 9.69 Å². The molecular weight excluding hydrogens is 257 g/mol. The van der Waals surface area contributed by atoms with Crippen molar-refractivity contribution in [3.8, 4) is 6.07 Å². The van der Waals surface area contributed by atoms with Crippen molar-refractivity contribution in [3.63, 3.8) is 0 Å². The number of amides is 2. The molecule has 0 unspecified atom stereocenters. The van der Waals surface area contributed by atoms with Crippen LogP contribution in [0.15, 0.2) is 0 Å². The molecule has 5 nitrogen and oxygen atoms in total. The van der Waals surface area contributed by atoms with Crippen LogP contribution in [-0.2, 0) is 6.18 Å². The van der Waals surface area contributed by atoms with Crippen LogP contribution in [0.5, 0.6) is 0 Å². The SMILES string of the molecule is CN(C)C(=O)Nc1snc(C(F)(F)F)c1C#N.